The predicted octanol–water partition coefficient (Wildman–Crippen LogP) is 3.21. The van der Waals surface area contributed by atoms with Crippen molar-refractivity contribution in [1.29, 1.82) is 0 Å². The van der Waals surface area contributed by atoms with E-state index in [1.807, 2.05) is 35.2 Å². The first-order valence-corrected chi connectivity index (χ1v) is 7.49. The Balaban J connectivity index is 0.00000220. The molecule has 2 rings (SSSR count). The third-order valence-corrected chi connectivity index (χ3v) is 3.68. The Morgan fingerprint density at radius 1 is 1.38 bits per heavy atom. The van der Waals surface area contributed by atoms with Crippen LogP contribution in [0.5, 0.6) is 0 Å². The highest BCUT2D eigenvalue weighted by atomic mass is 35.5. The Kier molecular flexibility index (Phi) is 8.16. The van der Waals surface area contributed by atoms with E-state index in [0.29, 0.717) is 6.61 Å². The van der Waals surface area contributed by atoms with Gasteiger partial charge in [0.2, 0.25) is 0 Å². The van der Waals surface area contributed by atoms with Crippen LogP contribution in [0.25, 0.3) is 0 Å². The Labute approximate surface area is 133 Å². The first kappa shape index (κ1) is 17.8. The maximum Gasteiger partial charge on any atom is 0.410 e. The summed E-state index contributed by atoms with van der Waals surface area (Å²) in [6.45, 7) is 4.99. The average Bonchev–Trinajstić information content (AvgIpc) is 2.52. The van der Waals surface area contributed by atoms with Gasteiger partial charge in [0.05, 0.1) is 0 Å². The SMILES string of the molecule is CCCCC1CNCCN1C(=O)OCc1ccccc1.Cl. The number of amides is 1. The van der Waals surface area contributed by atoms with E-state index < -0.39 is 0 Å². The fraction of sp³-hybridized carbons (Fsp3) is 0.562. The van der Waals surface area contributed by atoms with Crippen LogP contribution in [0.2, 0.25) is 0 Å². The number of carbonyl (C=O) groups excluding carboxylic acids is 1. The average molecular weight is 313 g/mol. The number of unbranched alkanes of at least 4 members (excludes halogenated alkanes) is 1. The molecule has 0 spiro atoms. The van der Waals surface area contributed by atoms with Crippen LogP contribution >= 0.6 is 12.4 Å². The van der Waals surface area contributed by atoms with Crippen molar-refractivity contribution < 1.29 is 9.53 Å². The minimum Gasteiger partial charge on any atom is -0.445 e. The van der Waals surface area contributed by atoms with Crippen molar-refractivity contribution >= 4 is 18.5 Å². The van der Waals surface area contributed by atoms with Gasteiger partial charge in [-0.2, -0.15) is 0 Å². The Morgan fingerprint density at radius 2 is 2.14 bits per heavy atom. The lowest BCUT2D eigenvalue weighted by molar-refractivity contribution is 0.0698. The Hall–Kier alpha value is -1.26. The molecule has 0 radical (unpaired) electrons. The molecule has 1 aromatic carbocycles. The number of piperazine rings is 1. The second-order valence-corrected chi connectivity index (χ2v) is 5.23. The number of ether oxygens (including phenoxy) is 1. The van der Waals surface area contributed by atoms with E-state index in [2.05, 4.69) is 12.2 Å². The van der Waals surface area contributed by atoms with Gasteiger partial charge in [-0.25, -0.2) is 4.79 Å². The zero-order chi connectivity index (χ0) is 14.2. The summed E-state index contributed by atoms with van der Waals surface area (Å²) < 4.78 is 5.44. The number of hydrogen-bond acceptors (Lipinski definition) is 3. The van der Waals surface area contributed by atoms with Crippen LogP contribution in [-0.2, 0) is 11.3 Å². The van der Waals surface area contributed by atoms with Gasteiger partial charge in [0.25, 0.3) is 0 Å². The van der Waals surface area contributed by atoms with Crippen LogP contribution in [-0.4, -0.2) is 36.7 Å². The van der Waals surface area contributed by atoms with Crippen LogP contribution in [0.3, 0.4) is 0 Å². The molecule has 0 aromatic heterocycles. The number of nitrogens with one attached hydrogen (secondary N) is 1. The van der Waals surface area contributed by atoms with Crippen molar-refractivity contribution in [2.75, 3.05) is 19.6 Å². The van der Waals surface area contributed by atoms with E-state index in [4.69, 9.17) is 4.74 Å². The maximum atomic E-state index is 12.2. The molecule has 0 saturated carbocycles. The van der Waals surface area contributed by atoms with Crippen LogP contribution in [0.4, 0.5) is 4.79 Å². The van der Waals surface area contributed by atoms with Crippen LogP contribution in [0, 0.1) is 0 Å². The van der Waals surface area contributed by atoms with Gasteiger partial charge < -0.3 is 15.0 Å². The Morgan fingerprint density at radius 3 is 2.86 bits per heavy atom. The molecule has 4 nitrogen and oxygen atoms in total. The standard InChI is InChI=1S/C16H24N2O2.ClH/c1-2-3-9-15-12-17-10-11-18(15)16(19)20-13-14-7-5-4-6-8-14;/h4-8,15,17H,2-3,9-13H2,1H3;1H. The third-order valence-electron chi connectivity index (χ3n) is 3.68. The highest BCUT2D eigenvalue weighted by Crippen LogP contribution is 2.13. The molecule has 118 valence electrons. The number of benzene rings is 1. The fourth-order valence-electron chi connectivity index (χ4n) is 2.50. The molecule has 1 aliphatic rings. The van der Waals surface area contributed by atoms with Gasteiger partial charge in [-0.3, -0.25) is 0 Å². The lowest BCUT2D eigenvalue weighted by Gasteiger charge is -2.35. The van der Waals surface area contributed by atoms with E-state index in [1.165, 1.54) is 0 Å². The largest absolute Gasteiger partial charge is 0.445 e. The van der Waals surface area contributed by atoms with Crippen molar-refractivity contribution in [3.63, 3.8) is 0 Å². The fourth-order valence-corrected chi connectivity index (χ4v) is 2.50. The van der Waals surface area contributed by atoms with Gasteiger partial charge >= 0.3 is 6.09 Å². The Bertz CT molecular complexity index is 414. The maximum absolute atomic E-state index is 12.2. The summed E-state index contributed by atoms with van der Waals surface area (Å²) in [5.41, 5.74) is 1.03. The molecule has 0 bridgehead atoms. The van der Waals surface area contributed by atoms with Crippen molar-refractivity contribution in [2.45, 2.75) is 38.8 Å². The number of halogens is 1. The quantitative estimate of drug-likeness (QED) is 0.907. The lowest BCUT2D eigenvalue weighted by Crippen LogP contribution is -2.53. The number of rotatable bonds is 5. The minimum absolute atomic E-state index is 0. The highest BCUT2D eigenvalue weighted by molar-refractivity contribution is 5.85. The molecule has 1 aromatic rings. The van der Waals surface area contributed by atoms with Crippen LogP contribution < -0.4 is 5.32 Å². The van der Waals surface area contributed by atoms with Gasteiger partial charge in [-0.1, -0.05) is 50.1 Å². The first-order chi connectivity index (χ1) is 9.81. The number of hydrogen-bond donors (Lipinski definition) is 1. The van der Waals surface area contributed by atoms with E-state index in [9.17, 15) is 4.79 Å². The van der Waals surface area contributed by atoms with Gasteiger partial charge in [-0.05, 0) is 12.0 Å². The molecule has 21 heavy (non-hydrogen) atoms. The smallest absolute Gasteiger partial charge is 0.410 e. The van der Waals surface area contributed by atoms with E-state index in [-0.39, 0.29) is 24.5 Å². The molecule has 1 heterocycles. The summed E-state index contributed by atoms with van der Waals surface area (Å²) in [7, 11) is 0. The van der Waals surface area contributed by atoms with E-state index >= 15 is 0 Å². The summed E-state index contributed by atoms with van der Waals surface area (Å²) in [6.07, 6.45) is 3.17. The molecular formula is C16H25ClN2O2. The van der Waals surface area contributed by atoms with Crippen LogP contribution in [0.15, 0.2) is 30.3 Å². The molecule has 1 aliphatic heterocycles. The summed E-state index contributed by atoms with van der Waals surface area (Å²) in [6, 6.07) is 10.1. The molecule has 1 N–H and O–H groups in total. The zero-order valence-electron chi connectivity index (χ0n) is 12.6. The van der Waals surface area contributed by atoms with Crippen LogP contribution in [0.1, 0.15) is 31.7 Å². The molecule has 5 heteroatoms. The molecule has 1 unspecified atom stereocenters. The second kappa shape index (κ2) is 9.64. The highest BCUT2D eigenvalue weighted by Gasteiger charge is 2.27. The summed E-state index contributed by atoms with van der Waals surface area (Å²) in [5, 5.41) is 3.35. The minimum atomic E-state index is -0.184. The molecule has 1 amide bonds. The van der Waals surface area contributed by atoms with Gasteiger partial charge in [0, 0.05) is 25.7 Å². The molecule has 1 fully saturated rings. The molecule has 0 aliphatic carbocycles. The van der Waals surface area contributed by atoms with Crippen molar-refractivity contribution in [3.8, 4) is 0 Å². The van der Waals surface area contributed by atoms with Gasteiger partial charge in [0.1, 0.15) is 6.61 Å². The lowest BCUT2D eigenvalue weighted by atomic mass is 10.1. The summed E-state index contributed by atoms with van der Waals surface area (Å²) >= 11 is 0. The topological polar surface area (TPSA) is 41.6 Å². The monoisotopic (exact) mass is 312 g/mol. The zero-order valence-corrected chi connectivity index (χ0v) is 13.4. The van der Waals surface area contributed by atoms with E-state index in [1.54, 1.807) is 0 Å². The summed E-state index contributed by atoms with van der Waals surface area (Å²) in [5.74, 6) is 0. The van der Waals surface area contributed by atoms with Crippen molar-refractivity contribution in [1.82, 2.24) is 10.2 Å². The third kappa shape index (κ3) is 5.56. The molecular weight excluding hydrogens is 288 g/mol. The first-order valence-electron chi connectivity index (χ1n) is 7.49. The molecule has 1 saturated heterocycles. The number of carbonyl (C=O) groups is 1. The summed E-state index contributed by atoms with van der Waals surface area (Å²) in [4.78, 5) is 14.1. The number of nitrogens with zero attached hydrogens (tertiary/aromatic N) is 1. The molecule has 1 atom stereocenters. The van der Waals surface area contributed by atoms with Crippen molar-refractivity contribution in [2.24, 2.45) is 0 Å². The van der Waals surface area contributed by atoms with Gasteiger partial charge in [-0.15, -0.1) is 12.4 Å². The predicted molar refractivity (Wildman–Crippen MR) is 86.8 cm³/mol. The normalized spacial score (nSPS) is 18.0. The van der Waals surface area contributed by atoms with Gasteiger partial charge in [0.15, 0.2) is 0 Å². The second-order valence-electron chi connectivity index (χ2n) is 5.23. The van der Waals surface area contributed by atoms with E-state index in [0.717, 1.165) is 44.5 Å². The van der Waals surface area contributed by atoms with Crippen molar-refractivity contribution in [3.05, 3.63) is 35.9 Å².